The molecular weight excluding hydrogens is 442 g/mol. The molecule has 1 unspecified atom stereocenters. The van der Waals surface area contributed by atoms with Gasteiger partial charge in [0.15, 0.2) is 5.11 Å². The quantitative estimate of drug-likeness (QED) is 0.475. The molecule has 2 aromatic carbocycles. The molecule has 1 saturated heterocycles. The van der Waals surface area contributed by atoms with Crippen molar-refractivity contribution in [1.82, 2.24) is 15.5 Å². The van der Waals surface area contributed by atoms with E-state index in [1.165, 1.54) is 0 Å². The number of carbonyl (C=O) groups is 3. The minimum absolute atomic E-state index is 0.0649. The third-order valence-corrected chi connectivity index (χ3v) is 5.25. The highest BCUT2D eigenvalue weighted by Crippen LogP contribution is 2.20. The van der Waals surface area contributed by atoms with Crippen LogP contribution in [0.25, 0.3) is 0 Å². The summed E-state index contributed by atoms with van der Waals surface area (Å²) in [6.45, 7) is 4.55. The Morgan fingerprint density at radius 1 is 1.15 bits per heavy atom. The van der Waals surface area contributed by atoms with E-state index in [9.17, 15) is 14.4 Å². The van der Waals surface area contributed by atoms with E-state index in [0.29, 0.717) is 24.4 Å². The molecule has 9 heteroatoms. The van der Waals surface area contributed by atoms with Gasteiger partial charge in [0.05, 0.1) is 18.1 Å². The van der Waals surface area contributed by atoms with E-state index in [0.717, 1.165) is 5.56 Å². The van der Waals surface area contributed by atoms with Crippen molar-refractivity contribution >= 4 is 35.1 Å². The second kappa shape index (κ2) is 11.4. The van der Waals surface area contributed by atoms with Gasteiger partial charge in [0, 0.05) is 13.1 Å². The SMILES string of the molecule is CC(C)Oc1ccccc1C(=O)NC(=S)N1CCNC(=O)C1CC(=O)OCc1ccccc1. The molecule has 33 heavy (non-hydrogen) atoms. The van der Waals surface area contributed by atoms with Crippen LogP contribution in [0.3, 0.4) is 0 Å². The fraction of sp³-hybridized carbons (Fsp3) is 0.333. The lowest BCUT2D eigenvalue weighted by Crippen LogP contribution is -2.60. The number of esters is 1. The maximum atomic E-state index is 12.9. The Morgan fingerprint density at radius 2 is 1.85 bits per heavy atom. The molecule has 0 spiro atoms. The summed E-state index contributed by atoms with van der Waals surface area (Å²) in [7, 11) is 0. The highest BCUT2D eigenvalue weighted by Gasteiger charge is 2.34. The molecule has 2 aromatic rings. The summed E-state index contributed by atoms with van der Waals surface area (Å²) >= 11 is 5.43. The van der Waals surface area contributed by atoms with Gasteiger partial charge in [-0.3, -0.25) is 19.7 Å². The third-order valence-electron chi connectivity index (χ3n) is 4.91. The predicted octanol–water partition coefficient (Wildman–Crippen LogP) is 2.42. The van der Waals surface area contributed by atoms with Crippen LogP contribution < -0.4 is 15.4 Å². The van der Waals surface area contributed by atoms with Crippen LogP contribution in [0.4, 0.5) is 0 Å². The monoisotopic (exact) mass is 469 g/mol. The van der Waals surface area contributed by atoms with Gasteiger partial charge >= 0.3 is 5.97 Å². The van der Waals surface area contributed by atoms with Crippen molar-refractivity contribution in [2.24, 2.45) is 0 Å². The van der Waals surface area contributed by atoms with Gasteiger partial charge in [-0.1, -0.05) is 42.5 Å². The van der Waals surface area contributed by atoms with Crippen molar-refractivity contribution in [3.8, 4) is 5.75 Å². The smallest absolute Gasteiger partial charge is 0.308 e. The number of thiocarbonyl (C=S) groups is 1. The average Bonchev–Trinajstić information content (AvgIpc) is 2.79. The molecule has 1 fully saturated rings. The van der Waals surface area contributed by atoms with Crippen molar-refractivity contribution in [3.63, 3.8) is 0 Å². The Hall–Kier alpha value is -3.46. The Kier molecular flexibility index (Phi) is 8.37. The first-order valence-corrected chi connectivity index (χ1v) is 11.1. The molecule has 8 nitrogen and oxygen atoms in total. The normalized spacial score (nSPS) is 15.5. The first-order valence-electron chi connectivity index (χ1n) is 10.7. The zero-order valence-electron chi connectivity index (χ0n) is 18.6. The van der Waals surface area contributed by atoms with Crippen LogP contribution in [0.15, 0.2) is 54.6 Å². The number of rotatable bonds is 7. The van der Waals surface area contributed by atoms with Crippen molar-refractivity contribution < 1.29 is 23.9 Å². The van der Waals surface area contributed by atoms with Crippen LogP contribution >= 0.6 is 12.2 Å². The topological polar surface area (TPSA) is 97.0 Å². The molecule has 1 heterocycles. The molecule has 1 aliphatic heterocycles. The van der Waals surface area contributed by atoms with E-state index in [1.54, 1.807) is 29.2 Å². The Bertz CT molecular complexity index is 1010. The molecule has 1 atom stereocenters. The highest BCUT2D eigenvalue weighted by atomic mass is 32.1. The average molecular weight is 470 g/mol. The summed E-state index contributed by atoms with van der Waals surface area (Å²) < 4.78 is 11.0. The zero-order chi connectivity index (χ0) is 23.8. The van der Waals surface area contributed by atoms with Crippen LogP contribution in [0, 0.1) is 0 Å². The second-order valence-electron chi connectivity index (χ2n) is 7.77. The minimum atomic E-state index is -0.878. The van der Waals surface area contributed by atoms with E-state index >= 15 is 0 Å². The maximum Gasteiger partial charge on any atom is 0.308 e. The third kappa shape index (κ3) is 6.76. The van der Waals surface area contributed by atoms with E-state index < -0.39 is 17.9 Å². The molecule has 0 bridgehead atoms. The number of nitrogens with one attached hydrogen (secondary N) is 2. The Labute approximate surface area is 198 Å². The first-order chi connectivity index (χ1) is 15.8. The highest BCUT2D eigenvalue weighted by molar-refractivity contribution is 7.80. The number of nitrogens with zero attached hydrogens (tertiary/aromatic N) is 1. The van der Waals surface area contributed by atoms with Gasteiger partial charge in [0.1, 0.15) is 18.4 Å². The standard InChI is InChI=1S/C24H27N3O5S/c1-16(2)32-20-11-7-6-10-18(20)22(29)26-24(33)27-13-12-25-23(30)19(27)14-21(28)31-15-17-8-4-3-5-9-17/h3-11,16,19H,12-15H2,1-2H3,(H,25,30)(H,26,29,33). The van der Waals surface area contributed by atoms with Gasteiger partial charge < -0.3 is 19.7 Å². The number of piperazine rings is 1. The molecule has 0 aromatic heterocycles. The summed E-state index contributed by atoms with van der Waals surface area (Å²) in [5.74, 6) is -0.897. The molecule has 1 aliphatic rings. The van der Waals surface area contributed by atoms with E-state index in [2.05, 4.69) is 10.6 Å². The summed E-state index contributed by atoms with van der Waals surface area (Å²) in [5, 5.41) is 5.46. The van der Waals surface area contributed by atoms with E-state index in [1.807, 2.05) is 44.2 Å². The van der Waals surface area contributed by atoms with Gasteiger partial charge in [-0.2, -0.15) is 0 Å². The molecular formula is C24H27N3O5S. The van der Waals surface area contributed by atoms with Crippen LogP contribution in [-0.2, 0) is 20.9 Å². The molecule has 0 saturated carbocycles. The second-order valence-corrected chi connectivity index (χ2v) is 8.16. The number of hydrogen-bond donors (Lipinski definition) is 2. The Balaban J connectivity index is 1.64. The minimum Gasteiger partial charge on any atom is -0.490 e. The van der Waals surface area contributed by atoms with Gasteiger partial charge in [0.25, 0.3) is 5.91 Å². The number of hydrogen-bond acceptors (Lipinski definition) is 6. The number of ether oxygens (including phenoxy) is 2. The van der Waals surface area contributed by atoms with E-state index in [4.69, 9.17) is 21.7 Å². The lowest BCUT2D eigenvalue weighted by atomic mass is 10.1. The fourth-order valence-electron chi connectivity index (χ4n) is 3.36. The summed E-state index contributed by atoms with van der Waals surface area (Å²) in [5.41, 5.74) is 1.18. The predicted molar refractivity (Wildman–Crippen MR) is 127 cm³/mol. The van der Waals surface area contributed by atoms with Crippen LogP contribution in [0.2, 0.25) is 0 Å². The number of para-hydroxylation sites is 1. The van der Waals surface area contributed by atoms with Crippen molar-refractivity contribution in [2.75, 3.05) is 13.1 Å². The lowest BCUT2D eigenvalue weighted by molar-refractivity contribution is -0.148. The Morgan fingerprint density at radius 3 is 2.58 bits per heavy atom. The van der Waals surface area contributed by atoms with Crippen molar-refractivity contribution in [1.29, 1.82) is 0 Å². The molecule has 0 radical (unpaired) electrons. The van der Waals surface area contributed by atoms with Crippen LogP contribution in [-0.4, -0.2) is 53.0 Å². The molecule has 3 rings (SSSR count). The fourth-order valence-corrected chi connectivity index (χ4v) is 3.67. The summed E-state index contributed by atoms with van der Waals surface area (Å²) in [4.78, 5) is 39.3. The van der Waals surface area contributed by atoms with Gasteiger partial charge in [0.2, 0.25) is 5.91 Å². The molecule has 2 amide bonds. The van der Waals surface area contributed by atoms with Gasteiger partial charge in [-0.15, -0.1) is 0 Å². The molecule has 174 valence electrons. The molecule has 2 N–H and O–H groups in total. The maximum absolute atomic E-state index is 12.9. The number of amides is 2. The molecule has 0 aliphatic carbocycles. The van der Waals surface area contributed by atoms with Crippen LogP contribution in [0.1, 0.15) is 36.2 Å². The zero-order valence-corrected chi connectivity index (χ0v) is 19.4. The van der Waals surface area contributed by atoms with Crippen molar-refractivity contribution in [3.05, 3.63) is 65.7 Å². The lowest BCUT2D eigenvalue weighted by Gasteiger charge is -2.36. The van der Waals surface area contributed by atoms with Gasteiger partial charge in [-0.05, 0) is 43.8 Å². The van der Waals surface area contributed by atoms with Crippen LogP contribution in [0.5, 0.6) is 5.75 Å². The summed E-state index contributed by atoms with van der Waals surface area (Å²) in [6, 6.07) is 15.2. The van der Waals surface area contributed by atoms with Crippen molar-refractivity contribution in [2.45, 2.75) is 39.0 Å². The van der Waals surface area contributed by atoms with Gasteiger partial charge in [-0.25, -0.2) is 0 Å². The largest absolute Gasteiger partial charge is 0.490 e. The number of benzene rings is 2. The summed E-state index contributed by atoms with van der Waals surface area (Å²) in [6.07, 6.45) is -0.301. The van der Waals surface area contributed by atoms with E-state index in [-0.39, 0.29) is 30.2 Å². The first kappa shape index (κ1) is 24.2. The number of carbonyl (C=O) groups excluding carboxylic acids is 3.